The van der Waals surface area contributed by atoms with Crippen LogP contribution in [0.5, 0.6) is 0 Å². The molecule has 2 aromatic rings. The number of carbonyl (C=O) groups excluding carboxylic acids is 5. The molecular formula is C26H38N8O7. The van der Waals surface area contributed by atoms with Crippen LogP contribution in [0.2, 0.25) is 0 Å². The van der Waals surface area contributed by atoms with E-state index in [2.05, 4.69) is 20.9 Å². The van der Waals surface area contributed by atoms with Gasteiger partial charge in [0.2, 0.25) is 29.5 Å². The molecule has 0 saturated heterocycles. The second kappa shape index (κ2) is 15.9. The van der Waals surface area contributed by atoms with Crippen molar-refractivity contribution in [3.8, 4) is 0 Å². The van der Waals surface area contributed by atoms with Crippen molar-refractivity contribution in [1.29, 1.82) is 0 Å². The summed E-state index contributed by atoms with van der Waals surface area (Å²) < 4.78 is 0. The molecule has 224 valence electrons. The van der Waals surface area contributed by atoms with Gasteiger partial charge in [-0.2, -0.15) is 0 Å². The van der Waals surface area contributed by atoms with Crippen molar-refractivity contribution in [2.45, 2.75) is 69.1 Å². The average molecular weight is 575 g/mol. The molecule has 0 radical (unpaired) electrons. The van der Waals surface area contributed by atoms with Gasteiger partial charge in [-0.1, -0.05) is 24.6 Å². The van der Waals surface area contributed by atoms with Crippen molar-refractivity contribution in [2.24, 2.45) is 22.9 Å². The number of amides is 5. The molecule has 1 heterocycles. The van der Waals surface area contributed by atoms with Gasteiger partial charge < -0.3 is 49.0 Å². The molecule has 0 saturated carbocycles. The predicted octanol–water partition coefficient (Wildman–Crippen LogP) is -2.15. The van der Waals surface area contributed by atoms with E-state index < -0.39 is 66.1 Å². The molecule has 15 nitrogen and oxygen atoms in total. The summed E-state index contributed by atoms with van der Waals surface area (Å²) in [6.07, 6.45) is 1.92. The molecular weight excluding hydrogens is 536 g/mol. The number of fused-ring (bicyclic) bond motifs is 1. The molecule has 0 fully saturated rings. The van der Waals surface area contributed by atoms with Crippen LogP contribution in [-0.2, 0) is 35.2 Å². The lowest BCUT2D eigenvalue weighted by molar-refractivity contribution is -0.142. The number of aromatic nitrogens is 1. The van der Waals surface area contributed by atoms with Gasteiger partial charge in [0.1, 0.15) is 18.1 Å². The number of hydrogen-bond acceptors (Lipinski definition) is 8. The maximum absolute atomic E-state index is 13.3. The first-order valence-corrected chi connectivity index (χ1v) is 13.1. The molecule has 2 rings (SSSR count). The van der Waals surface area contributed by atoms with Crippen LogP contribution < -0.4 is 38.9 Å². The molecule has 15 heteroatoms. The Morgan fingerprint density at radius 1 is 0.829 bits per heavy atom. The van der Waals surface area contributed by atoms with E-state index in [1.54, 1.807) is 18.3 Å². The van der Waals surface area contributed by atoms with Gasteiger partial charge >= 0.3 is 5.97 Å². The first kappa shape index (κ1) is 32.7. The van der Waals surface area contributed by atoms with Gasteiger partial charge in [0.05, 0.1) is 12.5 Å². The minimum absolute atomic E-state index is 0.0837. The van der Waals surface area contributed by atoms with Gasteiger partial charge in [0.15, 0.2) is 0 Å². The quantitative estimate of drug-likeness (QED) is 0.0876. The zero-order valence-corrected chi connectivity index (χ0v) is 22.6. The van der Waals surface area contributed by atoms with E-state index in [4.69, 9.17) is 22.9 Å². The van der Waals surface area contributed by atoms with Crippen molar-refractivity contribution in [3.63, 3.8) is 0 Å². The largest absolute Gasteiger partial charge is 0.480 e. The van der Waals surface area contributed by atoms with Crippen molar-refractivity contribution >= 4 is 46.4 Å². The fourth-order valence-corrected chi connectivity index (χ4v) is 4.15. The lowest BCUT2D eigenvalue weighted by Gasteiger charge is -2.25. The van der Waals surface area contributed by atoms with Gasteiger partial charge in [-0.25, -0.2) is 4.79 Å². The number of primary amides is 2. The Hall–Kier alpha value is -4.50. The molecule has 0 bridgehead atoms. The maximum Gasteiger partial charge on any atom is 0.326 e. The highest BCUT2D eigenvalue weighted by molar-refractivity contribution is 5.96. The van der Waals surface area contributed by atoms with E-state index in [1.165, 1.54) is 0 Å². The molecule has 5 amide bonds. The van der Waals surface area contributed by atoms with Crippen LogP contribution in [0.4, 0.5) is 0 Å². The van der Waals surface area contributed by atoms with E-state index in [-0.39, 0.29) is 19.3 Å². The number of aromatic amines is 1. The summed E-state index contributed by atoms with van der Waals surface area (Å²) in [7, 11) is 0. The van der Waals surface area contributed by atoms with E-state index in [9.17, 15) is 33.9 Å². The van der Waals surface area contributed by atoms with Crippen molar-refractivity contribution < 1.29 is 33.9 Å². The Morgan fingerprint density at radius 3 is 2.10 bits per heavy atom. The molecule has 0 spiro atoms. The van der Waals surface area contributed by atoms with Crippen LogP contribution in [0, 0.1) is 0 Å². The van der Waals surface area contributed by atoms with Crippen molar-refractivity contribution in [3.05, 3.63) is 36.0 Å². The minimum Gasteiger partial charge on any atom is -0.480 e. The number of H-pyrrole nitrogens is 1. The number of carbonyl (C=O) groups is 6. The highest BCUT2D eigenvalue weighted by Gasteiger charge is 2.31. The molecule has 4 unspecified atom stereocenters. The van der Waals surface area contributed by atoms with Crippen molar-refractivity contribution in [2.75, 3.05) is 6.54 Å². The van der Waals surface area contributed by atoms with E-state index >= 15 is 0 Å². The molecule has 0 aliphatic heterocycles. The van der Waals surface area contributed by atoms with Crippen LogP contribution in [0.1, 0.15) is 44.1 Å². The zero-order chi connectivity index (χ0) is 30.5. The summed E-state index contributed by atoms with van der Waals surface area (Å²) in [5.41, 5.74) is 23.2. The maximum atomic E-state index is 13.3. The van der Waals surface area contributed by atoms with Gasteiger partial charge in [0.25, 0.3) is 0 Å². The fraction of sp³-hybridized carbons (Fsp3) is 0.462. The van der Waals surface area contributed by atoms with E-state index in [0.717, 1.165) is 10.9 Å². The smallest absolute Gasteiger partial charge is 0.326 e. The number of unbranched alkanes of at least 4 members (excludes halogenated alkanes) is 1. The third kappa shape index (κ3) is 10.5. The normalized spacial score (nSPS) is 13.9. The SMILES string of the molecule is NCCCCC(N)C(=O)NC(CC(N)=O)C(=O)NC(Cc1c[nH]c2ccccc12)C(=O)NC(CCC(N)=O)C(=O)O. The molecule has 41 heavy (non-hydrogen) atoms. The highest BCUT2D eigenvalue weighted by atomic mass is 16.4. The molecule has 1 aromatic heterocycles. The Labute approximate surface area is 236 Å². The van der Waals surface area contributed by atoms with Crippen LogP contribution in [-0.4, -0.2) is 76.3 Å². The van der Waals surface area contributed by atoms with E-state index in [0.29, 0.717) is 31.4 Å². The number of nitrogens with one attached hydrogen (secondary N) is 4. The summed E-state index contributed by atoms with van der Waals surface area (Å²) in [5, 5.41) is 17.5. The number of nitrogens with two attached hydrogens (primary N) is 4. The van der Waals surface area contributed by atoms with Gasteiger partial charge in [-0.05, 0) is 37.4 Å². The molecule has 13 N–H and O–H groups in total. The Kier molecular flexibility index (Phi) is 12.7. The van der Waals surface area contributed by atoms with Crippen molar-refractivity contribution in [1.82, 2.24) is 20.9 Å². The second-order valence-electron chi connectivity index (χ2n) is 9.65. The van der Waals surface area contributed by atoms with E-state index in [1.807, 2.05) is 12.1 Å². The highest BCUT2D eigenvalue weighted by Crippen LogP contribution is 2.19. The fourth-order valence-electron chi connectivity index (χ4n) is 4.15. The number of carboxylic acids is 1. The summed E-state index contributed by atoms with van der Waals surface area (Å²) in [4.78, 5) is 76.8. The number of para-hydroxylation sites is 1. The molecule has 0 aliphatic rings. The van der Waals surface area contributed by atoms with Crippen LogP contribution in [0.15, 0.2) is 30.5 Å². The Morgan fingerprint density at radius 2 is 1.46 bits per heavy atom. The predicted molar refractivity (Wildman–Crippen MR) is 149 cm³/mol. The van der Waals surface area contributed by atoms with Gasteiger partial charge in [-0.15, -0.1) is 0 Å². The Balaban J connectivity index is 2.29. The summed E-state index contributed by atoms with van der Waals surface area (Å²) in [6.45, 7) is 0.423. The topological polar surface area (TPSA) is 279 Å². The molecule has 0 aliphatic carbocycles. The zero-order valence-electron chi connectivity index (χ0n) is 22.6. The van der Waals surface area contributed by atoms with Gasteiger partial charge in [0, 0.05) is 29.9 Å². The van der Waals surface area contributed by atoms with Crippen LogP contribution in [0.25, 0.3) is 10.9 Å². The third-order valence-corrected chi connectivity index (χ3v) is 6.37. The molecule has 1 aromatic carbocycles. The standard InChI is InChI=1S/C26H38N8O7/c27-10-4-3-6-16(28)23(37)33-20(12-22(30)36)25(39)34-19(11-14-13-31-17-7-2-1-5-15(14)17)24(38)32-18(26(40)41)8-9-21(29)35/h1-2,5,7,13,16,18-20,31H,3-4,6,8-12,27-28H2,(H2,29,35)(H2,30,36)(H,32,38)(H,33,37)(H,34,39)(H,40,41). The molecule has 4 atom stereocenters. The second-order valence-corrected chi connectivity index (χ2v) is 9.65. The monoisotopic (exact) mass is 574 g/mol. The van der Waals surface area contributed by atoms with Gasteiger partial charge in [-0.3, -0.25) is 24.0 Å². The lowest BCUT2D eigenvalue weighted by atomic mass is 10.0. The lowest BCUT2D eigenvalue weighted by Crippen LogP contribution is -2.58. The summed E-state index contributed by atoms with van der Waals surface area (Å²) >= 11 is 0. The van der Waals surface area contributed by atoms with Crippen LogP contribution >= 0.6 is 0 Å². The first-order chi connectivity index (χ1) is 19.4. The number of benzene rings is 1. The number of aliphatic carboxylic acids is 1. The van der Waals surface area contributed by atoms with Crippen LogP contribution in [0.3, 0.4) is 0 Å². The number of rotatable bonds is 18. The summed E-state index contributed by atoms with van der Waals surface area (Å²) in [5.74, 6) is -5.52. The summed E-state index contributed by atoms with van der Waals surface area (Å²) in [6, 6.07) is 1.96. The Bertz CT molecular complexity index is 1250. The minimum atomic E-state index is -1.47. The number of carboxylic acid groups (broad SMARTS) is 1. The number of hydrogen-bond donors (Lipinski definition) is 9. The average Bonchev–Trinajstić information content (AvgIpc) is 3.32. The third-order valence-electron chi connectivity index (χ3n) is 6.37. The first-order valence-electron chi connectivity index (χ1n) is 13.1.